The second-order valence-electron chi connectivity index (χ2n) is 8.77. The topological polar surface area (TPSA) is 59.8 Å². The average Bonchev–Trinajstić information content (AvgIpc) is 3.22. The van der Waals surface area contributed by atoms with Crippen LogP contribution < -0.4 is 9.47 Å². The first-order valence-corrected chi connectivity index (χ1v) is 11.4. The number of benzene rings is 2. The molecule has 1 atom stereocenters. The van der Waals surface area contributed by atoms with E-state index < -0.39 is 5.60 Å². The molecule has 170 valence electrons. The van der Waals surface area contributed by atoms with Crippen LogP contribution >= 0.6 is 0 Å². The number of likely N-dealkylation sites (tertiary alicyclic amines) is 1. The molecule has 0 aliphatic carbocycles. The van der Waals surface area contributed by atoms with Crippen molar-refractivity contribution in [3.05, 3.63) is 78.1 Å². The zero-order valence-corrected chi connectivity index (χ0v) is 18.8. The third-order valence-electron chi connectivity index (χ3n) is 5.78. The number of piperidine rings is 1. The van der Waals surface area contributed by atoms with Gasteiger partial charge in [0.05, 0.1) is 12.8 Å². The number of para-hydroxylation sites is 1. The van der Waals surface area contributed by atoms with Crippen LogP contribution in [0, 0.1) is 6.92 Å². The molecule has 1 aromatic heterocycles. The lowest BCUT2D eigenvalue weighted by molar-refractivity contribution is -0.0621. The van der Waals surface area contributed by atoms with Crippen LogP contribution in [0.4, 0.5) is 0 Å². The van der Waals surface area contributed by atoms with Gasteiger partial charge in [0.2, 0.25) is 0 Å². The third-order valence-corrected chi connectivity index (χ3v) is 5.78. The van der Waals surface area contributed by atoms with Crippen molar-refractivity contribution >= 4 is 0 Å². The normalized spacial score (nSPS) is 19.1. The Kier molecular flexibility index (Phi) is 7.45. The maximum Gasteiger partial charge on any atom is 0.119 e. The van der Waals surface area contributed by atoms with Gasteiger partial charge in [0.15, 0.2) is 0 Å². The molecule has 1 aliphatic rings. The smallest absolute Gasteiger partial charge is 0.119 e. The number of aromatic nitrogens is 2. The Morgan fingerprint density at radius 3 is 2.56 bits per heavy atom. The molecule has 2 heterocycles. The van der Waals surface area contributed by atoms with E-state index in [1.165, 1.54) is 11.1 Å². The van der Waals surface area contributed by atoms with E-state index in [2.05, 4.69) is 22.1 Å². The van der Waals surface area contributed by atoms with Crippen molar-refractivity contribution in [1.82, 2.24) is 14.7 Å². The minimum Gasteiger partial charge on any atom is -0.494 e. The molecule has 0 saturated carbocycles. The predicted molar refractivity (Wildman–Crippen MR) is 125 cm³/mol. The summed E-state index contributed by atoms with van der Waals surface area (Å²) >= 11 is 0. The Balaban J connectivity index is 1.21. The van der Waals surface area contributed by atoms with Crippen LogP contribution in [0.25, 0.3) is 0 Å². The Morgan fingerprint density at radius 1 is 1.03 bits per heavy atom. The van der Waals surface area contributed by atoms with E-state index in [0.29, 0.717) is 19.8 Å². The molecular weight excluding hydrogens is 402 g/mol. The number of hydrogen-bond donors (Lipinski definition) is 1. The van der Waals surface area contributed by atoms with Crippen LogP contribution in [0.1, 0.15) is 30.4 Å². The molecule has 1 saturated heterocycles. The van der Waals surface area contributed by atoms with Crippen molar-refractivity contribution in [1.29, 1.82) is 0 Å². The second-order valence-corrected chi connectivity index (χ2v) is 8.77. The van der Waals surface area contributed by atoms with Crippen LogP contribution in [0.5, 0.6) is 11.5 Å². The van der Waals surface area contributed by atoms with E-state index >= 15 is 0 Å². The molecule has 0 bridgehead atoms. The maximum absolute atomic E-state index is 11.0. The van der Waals surface area contributed by atoms with Crippen LogP contribution in [0.15, 0.2) is 67.0 Å². The fraction of sp³-hybridized carbons (Fsp3) is 0.423. The quantitative estimate of drug-likeness (QED) is 0.487. The number of β-amino-alcohol motifs (C(OH)–C–C–N with tert-alkyl or cyclic N) is 1. The lowest BCUT2D eigenvalue weighted by Crippen LogP contribution is -2.51. The van der Waals surface area contributed by atoms with Gasteiger partial charge in [-0.1, -0.05) is 30.3 Å². The Hall–Kier alpha value is -2.83. The first-order valence-electron chi connectivity index (χ1n) is 11.4. The first kappa shape index (κ1) is 22.4. The number of aliphatic hydroxyl groups is 1. The van der Waals surface area contributed by atoms with Crippen molar-refractivity contribution in [2.75, 3.05) is 26.3 Å². The highest BCUT2D eigenvalue weighted by atomic mass is 16.5. The van der Waals surface area contributed by atoms with Gasteiger partial charge in [-0.2, -0.15) is 5.10 Å². The number of rotatable bonds is 10. The Bertz CT molecular complexity index is 958. The summed E-state index contributed by atoms with van der Waals surface area (Å²) in [6.45, 7) is 6.30. The fourth-order valence-corrected chi connectivity index (χ4v) is 4.15. The largest absolute Gasteiger partial charge is 0.494 e. The van der Waals surface area contributed by atoms with Gasteiger partial charge < -0.3 is 14.6 Å². The highest BCUT2D eigenvalue weighted by molar-refractivity contribution is 5.27. The molecule has 0 amide bonds. The van der Waals surface area contributed by atoms with Gasteiger partial charge in [0, 0.05) is 32.3 Å². The summed E-state index contributed by atoms with van der Waals surface area (Å²) in [5.74, 6) is 1.69. The monoisotopic (exact) mass is 435 g/mol. The number of nitrogens with zero attached hydrogens (tertiary/aromatic N) is 3. The summed E-state index contributed by atoms with van der Waals surface area (Å²) in [5, 5.41) is 15.3. The third kappa shape index (κ3) is 6.58. The first-order chi connectivity index (χ1) is 15.6. The molecule has 4 rings (SSSR count). The van der Waals surface area contributed by atoms with Gasteiger partial charge in [-0.05, 0) is 61.7 Å². The predicted octanol–water partition coefficient (Wildman–Crippen LogP) is 4.07. The Morgan fingerprint density at radius 2 is 1.81 bits per heavy atom. The standard InChI is InChI=1S/C26H33N3O3/c1-22-17-27-29(18-22)15-6-16-31-25-11-9-23(10-12-25)19-28-14-5-13-26(30,20-28)21-32-24-7-3-2-4-8-24/h2-4,7-12,17-18,30H,5-6,13-16,19-21H2,1H3. The van der Waals surface area contributed by atoms with Crippen LogP contribution in [0.3, 0.4) is 0 Å². The van der Waals surface area contributed by atoms with E-state index in [1.54, 1.807) is 0 Å². The molecule has 1 N–H and O–H groups in total. The SMILES string of the molecule is Cc1cnn(CCCOc2ccc(CN3CCCC(O)(COc4ccccc4)C3)cc2)c1. The molecule has 0 radical (unpaired) electrons. The van der Waals surface area contributed by atoms with Crippen molar-refractivity contribution in [2.24, 2.45) is 0 Å². The molecule has 6 heteroatoms. The van der Waals surface area contributed by atoms with E-state index in [9.17, 15) is 5.11 Å². The van der Waals surface area contributed by atoms with E-state index in [1.807, 2.05) is 66.5 Å². The molecule has 1 aliphatic heterocycles. The summed E-state index contributed by atoms with van der Waals surface area (Å²) in [6, 6.07) is 18.0. The number of ether oxygens (including phenoxy) is 2. The maximum atomic E-state index is 11.0. The van der Waals surface area contributed by atoms with Gasteiger partial charge in [0.25, 0.3) is 0 Å². The van der Waals surface area contributed by atoms with Gasteiger partial charge in [-0.15, -0.1) is 0 Å². The summed E-state index contributed by atoms with van der Waals surface area (Å²) in [5.41, 5.74) is 1.58. The molecule has 0 spiro atoms. The van der Waals surface area contributed by atoms with Crippen LogP contribution in [0.2, 0.25) is 0 Å². The highest BCUT2D eigenvalue weighted by Crippen LogP contribution is 2.24. The lowest BCUT2D eigenvalue weighted by Gasteiger charge is -2.39. The zero-order valence-electron chi connectivity index (χ0n) is 18.8. The second kappa shape index (κ2) is 10.7. The van der Waals surface area contributed by atoms with E-state index in [0.717, 1.165) is 50.4 Å². The summed E-state index contributed by atoms with van der Waals surface area (Å²) in [6.07, 6.45) is 6.57. The molecule has 3 aromatic rings. The van der Waals surface area contributed by atoms with E-state index in [4.69, 9.17) is 9.47 Å². The van der Waals surface area contributed by atoms with Crippen molar-refractivity contribution in [3.63, 3.8) is 0 Å². The summed E-state index contributed by atoms with van der Waals surface area (Å²) < 4.78 is 13.7. The van der Waals surface area contributed by atoms with Gasteiger partial charge in [-0.25, -0.2) is 0 Å². The van der Waals surface area contributed by atoms with Crippen molar-refractivity contribution in [2.45, 2.75) is 44.9 Å². The molecule has 32 heavy (non-hydrogen) atoms. The number of aryl methyl sites for hydroxylation is 2. The highest BCUT2D eigenvalue weighted by Gasteiger charge is 2.34. The molecular formula is C26H33N3O3. The lowest BCUT2D eigenvalue weighted by atomic mass is 9.93. The van der Waals surface area contributed by atoms with Gasteiger partial charge in [-0.3, -0.25) is 9.58 Å². The molecule has 1 fully saturated rings. The molecule has 1 unspecified atom stereocenters. The zero-order chi connectivity index (χ0) is 22.2. The Labute approximate surface area is 190 Å². The van der Waals surface area contributed by atoms with E-state index in [-0.39, 0.29) is 0 Å². The van der Waals surface area contributed by atoms with Crippen LogP contribution in [-0.2, 0) is 13.1 Å². The van der Waals surface area contributed by atoms with Crippen LogP contribution in [-0.4, -0.2) is 51.7 Å². The van der Waals surface area contributed by atoms with Crippen molar-refractivity contribution in [3.8, 4) is 11.5 Å². The van der Waals surface area contributed by atoms with Crippen molar-refractivity contribution < 1.29 is 14.6 Å². The van der Waals surface area contributed by atoms with Gasteiger partial charge in [0.1, 0.15) is 23.7 Å². The molecule has 6 nitrogen and oxygen atoms in total. The molecule has 2 aromatic carbocycles. The minimum absolute atomic E-state index is 0.318. The summed E-state index contributed by atoms with van der Waals surface area (Å²) in [4.78, 5) is 2.31. The minimum atomic E-state index is -0.815. The number of hydrogen-bond acceptors (Lipinski definition) is 5. The summed E-state index contributed by atoms with van der Waals surface area (Å²) in [7, 11) is 0. The fourth-order valence-electron chi connectivity index (χ4n) is 4.15. The van der Waals surface area contributed by atoms with Gasteiger partial charge >= 0.3 is 0 Å². The average molecular weight is 436 g/mol.